The number of hydrogen-bond donors (Lipinski definition) is 0. The summed E-state index contributed by atoms with van der Waals surface area (Å²) < 4.78 is 0. The molecule has 0 unspecified atom stereocenters. The van der Waals surface area contributed by atoms with E-state index in [0.717, 1.165) is 33.4 Å². The summed E-state index contributed by atoms with van der Waals surface area (Å²) in [6, 6.07) is 9.90. The van der Waals surface area contributed by atoms with Crippen LogP contribution in [0.3, 0.4) is 0 Å². The van der Waals surface area contributed by atoms with Crippen molar-refractivity contribution < 1.29 is 4.79 Å². The quantitative estimate of drug-likeness (QED) is 0.660. The Morgan fingerprint density at radius 3 is 3.10 bits per heavy atom. The number of aromatic nitrogens is 1. The molecular formula is C17H13NOS2. The van der Waals surface area contributed by atoms with Crippen molar-refractivity contribution in [2.24, 2.45) is 0 Å². The lowest BCUT2D eigenvalue weighted by Crippen LogP contribution is -1.99. The molecule has 21 heavy (non-hydrogen) atoms. The first-order valence-corrected chi connectivity index (χ1v) is 8.87. The molecule has 0 N–H and O–H groups in total. The van der Waals surface area contributed by atoms with Gasteiger partial charge >= 0.3 is 0 Å². The first-order chi connectivity index (χ1) is 10.3. The topological polar surface area (TPSA) is 30.0 Å². The summed E-state index contributed by atoms with van der Waals surface area (Å²) in [5, 5.41) is 2.00. The summed E-state index contributed by atoms with van der Waals surface area (Å²) >= 11 is 3.61. The number of hydrogen-bond acceptors (Lipinski definition) is 4. The van der Waals surface area contributed by atoms with Gasteiger partial charge in [0.05, 0.1) is 4.88 Å². The molecule has 3 heterocycles. The molecule has 1 aromatic carbocycles. The van der Waals surface area contributed by atoms with Crippen LogP contribution in [0.2, 0.25) is 0 Å². The monoisotopic (exact) mass is 311 g/mol. The van der Waals surface area contributed by atoms with Crippen LogP contribution in [0.5, 0.6) is 0 Å². The Hall–Kier alpha value is -1.65. The number of nitrogens with zero attached hydrogens (tertiary/aromatic N) is 1. The van der Waals surface area contributed by atoms with Crippen LogP contribution in [0.4, 0.5) is 0 Å². The van der Waals surface area contributed by atoms with Gasteiger partial charge < -0.3 is 0 Å². The van der Waals surface area contributed by atoms with Gasteiger partial charge in [-0.1, -0.05) is 18.2 Å². The van der Waals surface area contributed by atoms with Crippen LogP contribution in [-0.4, -0.2) is 16.5 Å². The Morgan fingerprint density at radius 2 is 2.19 bits per heavy atom. The molecule has 0 saturated heterocycles. The van der Waals surface area contributed by atoms with Crippen molar-refractivity contribution in [1.29, 1.82) is 0 Å². The summed E-state index contributed by atoms with van der Waals surface area (Å²) in [5.41, 5.74) is 2.10. The third-order valence-corrected chi connectivity index (χ3v) is 6.02. The molecule has 2 aromatic heterocycles. The van der Waals surface area contributed by atoms with Crippen molar-refractivity contribution in [1.82, 2.24) is 4.98 Å². The zero-order chi connectivity index (χ0) is 14.2. The fourth-order valence-electron chi connectivity index (χ4n) is 2.70. The molecule has 1 aliphatic heterocycles. The Balaban J connectivity index is 1.81. The average Bonchev–Trinajstić information content (AvgIpc) is 2.97. The lowest BCUT2D eigenvalue weighted by molar-refractivity contribution is 0.104. The number of carbonyl (C=O) groups is 1. The highest BCUT2D eigenvalue weighted by atomic mass is 32.2. The van der Waals surface area contributed by atoms with E-state index in [9.17, 15) is 4.79 Å². The van der Waals surface area contributed by atoms with Crippen LogP contribution in [0.1, 0.15) is 25.7 Å². The maximum absolute atomic E-state index is 12.9. The molecule has 0 fully saturated rings. The predicted molar refractivity (Wildman–Crippen MR) is 89.4 cm³/mol. The van der Waals surface area contributed by atoms with Gasteiger partial charge in [-0.2, -0.15) is 11.8 Å². The Bertz CT molecular complexity index is 809. The maximum Gasteiger partial charge on any atom is 0.203 e. The standard InChI is InChI=1S/C17H13NOS2/c19-17(16-8-12-10-20-7-5-15(12)21-16)13-3-1-2-11-4-6-18-9-14(11)13/h1-4,6,8-9H,5,7,10H2. The summed E-state index contributed by atoms with van der Waals surface area (Å²) in [5.74, 6) is 2.33. The first kappa shape index (κ1) is 13.0. The Kier molecular flexibility index (Phi) is 3.28. The van der Waals surface area contributed by atoms with Gasteiger partial charge in [-0.15, -0.1) is 11.3 Å². The zero-order valence-corrected chi connectivity index (χ0v) is 13.0. The zero-order valence-electron chi connectivity index (χ0n) is 11.3. The number of pyridine rings is 1. The van der Waals surface area contributed by atoms with Crippen LogP contribution >= 0.6 is 23.1 Å². The minimum atomic E-state index is 0.123. The SMILES string of the molecule is O=C(c1cc2c(s1)CCSC2)c1cccc2ccncc12. The van der Waals surface area contributed by atoms with Gasteiger partial charge in [-0.05, 0) is 35.3 Å². The molecular weight excluding hydrogens is 298 g/mol. The third kappa shape index (κ3) is 2.28. The van der Waals surface area contributed by atoms with E-state index in [2.05, 4.69) is 11.1 Å². The predicted octanol–water partition coefficient (Wildman–Crippen LogP) is 4.32. The first-order valence-electron chi connectivity index (χ1n) is 6.90. The Labute approximate surface area is 131 Å². The van der Waals surface area contributed by atoms with E-state index in [1.807, 2.05) is 36.0 Å². The second kappa shape index (κ2) is 5.28. The molecule has 104 valence electrons. The van der Waals surface area contributed by atoms with Gasteiger partial charge in [0.2, 0.25) is 5.78 Å². The van der Waals surface area contributed by atoms with Gasteiger partial charge in [0.1, 0.15) is 0 Å². The summed E-state index contributed by atoms with van der Waals surface area (Å²) in [6.45, 7) is 0. The third-order valence-electron chi connectivity index (χ3n) is 3.78. The highest BCUT2D eigenvalue weighted by molar-refractivity contribution is 7.98. The fourth-order valence-corrected chi connectivity index (χ4v) is 5.03. The van der Waals surface area contributed by atoms with E-state index >= 15 is 0 Å². The minimum absolute atomic E-state index is 0.123. The smallest absolute Gasteiger partial charge is 0.203 e. The number of ketones is 1. The Morgan fingerprint density at radius 1 is 1.24 bits per heavy atom. The van der Waals surface area contributed by atoms with Crippen LogP contribution in [0, 0.1) is 0 Å². The van der Waals surface area contributed by atoms with Crippen LogP contribution in [-0.2, 0) is 12.2 Å². The van der Waals surface area contributed by atoms with Crippen LogP contribution in [0.25, 0.3) is 10.8 Å². The van der Waals surface area contributed by atoms with Crippen molar-refractivity contribution in [3.8, 4) is 0 Å². The minimum Gasteiger partial charge on any atom is -0.288 e. The van der Waals surface area contributed by atoms with E-state index < -0.39 is 0 Å². The number of benzene rings is 1. The second-order valence-corrected chi connectivity index (χ2v) is 7.34. The normalized spacial score (nSPS) is 14.1. The van der Waals surface area contributed by atoms with Crippen LogP contribution < -0.4 is 0 Å². The molecule has 4 heteroatoms. The van der Waals surface area contributed by atoms with Gasteiger partial charge in [0.25, 0.3) is 0 Å². The van der Waals surface area contributed by atoms with Crippen molar-refractivity contribution in [3.05, 3.63) is 63.6 Å². The van der Waals surface area contributed by atoms with Gasteiger partial charge in [0, 0.05) is 34.0 Å². The number of aryl methyl sites for hydroxylation is 1. The van der Waals surface area contributed by atoms with E-state index in [0.29, 0.717) is 0 Å². The average molecular weight is 311 g/mol. The lowest BCUT2D eigenvalue weighted by Gasteiger charge is -2.08. The van der Waals surface area contributed by atoms with E-state index in [1.54, 1.807) is 23.7 Å². The molecule has 1 aliphatic rings. The number of rotatable bonds is 2. The molecule has 0 spiro atoms. The highest BCUT2D eigenvalue weighted by Gasteiger charge is 2.19. The number of thioether (sulfide) groups is 1. The van der Waals surface area contributed by atoms with Gasteiger partial charge in [-0.3, -0.25) is 9.78 Å². The second-order valence-electron chi connectivity index (χ2n) is 5.09. The number of thiophene rings is 1. The molecule has 0 amide bonds. The van der Waals surface area contributed by atoms with E-state index in [1.165, 1.54) is 16.2 Å². The van der Waals surface area contributed by atoms with Crippen molar-refractivity contribution in [2.75, 3.05) is 5.75 Å². The van der Waals surface area contributed by atoms with Gasteiger partial charge in [-0.25, -0.2) is 0 Å². The molecule has 0 radical (unpaired) electrons. The number of fused-ring (bicyclic) bond motifs is 2. The number of carbonyl (C=O) groups excluding carboxylic acids is 1. The van der Waals surface area contributed by atoms with Crippen molar-refractivity contribution in [3.63, 3.8) is 0 Å². The maximum atomic E-state index is 12.9. The van der Waals surface area contributed by atoms with E-state index in [-0.39, 0.29) is 5.78 Å². The molecule has 0 saturated carbocycles. The molecule has 3 aromatic rings. The largest absolute Gasteiger partial charge is 0.288 e. The molecule has 0 atom stereocenters. The summed E-state index contributed by atoms with van der Waals surface area (Å²) in [6.07, 6.45) is 4.64. The summed E-state index contributed by atoms with van der Waals surface area (Å²) in [7, 11) is 0. The summed E-state index contributed by atoms with van der Waals surface area (Å²) in [4.78, 5) is 19.3. The fraction of sp³-hybridized carbons (Fsp3) is 0.176. The molecule has 0 bridgehead atoms. The molecule has 2 nitrogen and oxygen atoms in total. The van der Waals surface area contributed by atoms with Crippen molar-refractivity contribution in [2.45, 2.75) is 12.2 Å². The molecule has 0 aliphatic carbocycles. The van der Waals surface area contributed by atoms with Gasteiger partial charge in [0.15, 0.2) is 0 Å². The van der Waals surface area contributed by atoms with Crippen LogP contribution in [0.15, 0.2) is 42.7 Å². The lowest BCUT2D eigenvalue weighted by atomic mass is 10.0. The molecule has 4 rings (SSSR count). The van der Waals surface area contributed by atoms with Crippen molar-refractivity contribution >= 4 is 39.7 Å². The van der Waals surface area contributed by atoms with E-state index in [4.69, 9.17) is 0 Å². The highest BCUT2D eigenvalue weighted by Crippen LogP contribution is 2.33.